The monoisotopic (exact) mass is 471 g/mol. The van der Waals surface area contributed by atoms with Crippen molar-refractivity contribution in [2.24, 2.45) is 23.2 Å². The van der Waals surface area contributed by atoms with Gasteiger partial charge < -0.3 is 9.80 Å². The number of rotatable bonds is 3. The first kappa shape index (κ1) is 21.4. The fourth-order valence-electron chi connectivity index (χ4n) is 7.70. The Morgan fingerprint density at radius 3 is 1.85 bits per heavy atom. The summed E-state index contributed by atoms with van der Waals surface area (Å²) in [7, 11) is -3.22. The van der Waals surface area contributed by atoms with Crippen LogP contribution in [0.5, 0.6) is 0 Å². The van der Waals surface area contributed by atoms with E-state index in [0.717, 1.165) is 37.0 Å². The van der Waals surface area contributed by atoms with E-state index in [-0.39, 0.29) is 17.1 Å². The van der Waals surface area contributed by atoms with E-state index < -0.39 is 10.0 Å². The molecule has 0 aromatic heterocycles. The van der Waals surface area contributed by atoms with E-state index in [1.165, 1.54) is 23.6 Å². The quantitative estimate of drug-likeness (QED) is 0.679. The third-order valence-electron chi connectivity index (χ3n) is 8.85. The topological polar surface area (TPSA) is 78.0 Å². The molecule has 1 aromatic carbocycles. The van der Waals surface area contributed by atoms with Gasteiger partial charge in [-0.3, -0.25) is 13.9 Å². The Hall–Kier alpha value is -2.09. The molecule has 2 heterocycles. The molecule has 0 atom stereocenters. The largest absolute Gasteiger partial charge is 0.339 e. The van der Waals surface area contributed by atoms with Gasteiger partial charge in [-0.25, -0.2) is 8.42 Å². The Labute approximate surface area is 196 Å². The molecule has 8 heteroatoms. The number of hydrogen-bond donors (Lipinski definition) is 0. The lowest BCUT2D eigenvalue weighted by molar-refractivity contribution is -0.159. The minimum absolute atomic E-state index is 0.0484. The summed E-state index contributed by atoms with van der Waals surface area (Å²) in [6.45, 7) is 2.82. The molecule has 33 heavy (non-hydrogen) atoms. The molecular formula is C25H33N3O4S. The third-order valence-corrected chi connectivity index (χ3v) is 10.7. The molecule has 2 amide bonds. The highest BCUT2D eigenvalue weighted by Gasteiger charge is 2.55. The lowest BCUT2D eigenvalue weighted by Gasteiger charge is -2.57. The SMILES string of the molecule is O=C(c1ccc(N2CCCS2(=O)=O)cc1)N1CCN(C(=O)C23CC4CC(CC(C4)C2)C3)CC1. The van der Waals surface area contributed by atoms with Crippen molar-refractivity contribution in [2.75, 3.05) is 42.8 Å². The van der Waals surface area contributed by atoms with Crippen molar-refractivity contribution in [1.82, 2.24) is 9.80 Å². The first-order chi connectivity index (χ1) is 15.8. The molecule has 4 bridgehead atoms. The van der Waals surface area contributed by atoms with Crippen molar-refractivity contribution in [3.8, 4) is 0 Å². The predicted octanol–water partition coefficient (Wildman–Crippen LogP) is 2.73. The summed E-state index contributed by atoms with van der Waals surface area (Å²) in [5, 5.41) is 0. The average molecular weight is 472 g/mol. The smallest absolute Gasteiger partial charge is 0.253 e. The predicted molar refractivity (Wildman–Crippen MR) is 125 cm³/mol. The highest BCUT2D eigenvalue weighted by molar-refractivity contribution is 7.93. The van der Waals surface area contributed by atoms with Crippen LogP contribution in [0.4, 0.5) is 5.69 Å². The van der Waals surface area contributed by atoms with Crippen LogP contribution in [-0.4, -0.2) is 68.5 Å². The first-order valence-electron chi connectivity index (χ1n) is 12.5. The molecule has 6 aliphatic rings. The Bertz CT molecular complexity index is 1020. The lowest BCUT2D eigenvalue weighted by atomic mass is 9.49. The summed E-state index contributed by atoms with van der Waals surface area (Å²) in [4.78, 5) is 30.5. The number of sulfonamides is 1. The molecule has 7 nitrogen and oxygen atoms in total. The van der Waals surface area contributed by atoms with E-state index in [1.54, 1.807) is 24.3 Å². The van der Waals surface area contributed by atoms with Crippen LogP contribution in [-0.2, 0) is 14.8 Å². The van der Waals surface area contributed by atoms with Crippen LogP contribution in [0, 0.1) is 23.2 Å². The van der Waals surface area contributed by atoms with E-state index in [4.69, 9.17) is 0 Å². The maximum atomic E-state index is 13.6. The Morgan fingerprint density at radius 1 is 0.788 bits per heavy atom. The van der Waals surface area contributed by atoms with E-state index >= 15 is 0 Å². The van der Waals surface area contributed by atoms with Gasteiger partial charge in [-0.15, -0.1) is 0 Å². The summed E-state index contributed by atoms with van der Waals surface area (Å²) in [6, 6.07) is 6.89. The highest BCUT2D eigenvalue weighted by atomic mass is 32.2. The van der Waals surface area contributed by atoms with Crippen molar-refractivity contribution < 1.29 is 18.0 Å². The molecule has 7 rings (SSSR count). The maximum Gasteiger partial charge on any atom is 0.253 e. The zero-order valence-electron chi connectivity index (χ0n) is 19.1. The molecule has 2 saturated heterocycles. The number of piperazine rings is 1. The highest BCUT2D eigenvalue weighted by Crippen LogP contribution is 2.60. The first-order valence-corrected chi connectivity index (χ1v) is 14.1. The summed E-state index contributed by atoms with van der Waals surface area (Å²) < 4.78 is 25.7. The lowest BCUT2D eigenvalue weighted by Crippen LogP contribution is -2.58. The fraction of sp³-hybridized carbons (Fsp3) is 0.680. The average Bonchev–Trinajstić information content (AvgIpc) is 3.16. The Balaban J connectivity index is 1.08. The van der Waals surface area contributed by atoms with Crippen molar-refractivity contribution >= 4 is 27.5 Å². The van der Waals surface area contributed by atoms with E-state index in [0.29, 0.717) is 56.3 Å². The molecule has 6 fully saturated rings. The maximum absolute atomic E-state index is 13.6. The molecule has 0 spiro atoms. The van der Waals surface area contributed by atoms with Gasteiger partial charge in [0.05, 0.1) is 16.9 Å². The Morgan fingerprint density at radius 2 is 1.33 bits per heavy atom. The molecule has 0 unspecified atom stereocenters. The van der Waals surface area contributed by atoms with Gasteiger partial charge in [0.2, 0.25) is 15.9 Å². The van der Waals surface area contributed by atoms with E-state index in [1.807, 2.05) is 9.80 Å². The number of hydrogen-bond acceptors (Lipinski definition) is 4. The molecule has 0 N–H and O–H groups in total. The normalized spacial score (nSPS) is 34.7. The molecule has 0 radical (unpaired) electrons. The zero-order valence-corrected chi connectivity index (χ0v) is 19.9. The molecule has 4 aliphatic carbocycles. The van der Waals surface area contributed by atoms with Crippen LogP contribution in [0.15, 0.2) is 24.3 Å². The molecule has 4 saturated carbocycles. The number of carbonyl (C=O) groups is 2. The van der Waals surface area contributed by atoms with Gasteiger partial charge in [0, 0.05) is 38.3 Å². The van der Waals surface area contributed by atoms with Gasteiger partial charge in [0.1, 0.15) is 0 Å². The second-order valence-corrected chi connectivity index (χ2v) is 13.1. The number of nitrogens with zero attached hydrogens (tertiary/aromatic N) is 3. The van der Waals surface area contributed by atoms with Crippen molar-refractivity contribution in [1.29, 1.82) is 0 Å². The van der Waals surface area contributed by atoms with Crippen LogP contribution < -0.4 is 4.31 Å². The third kappa shape index (κ3) is 3.65. The van der Waals surface area contributed by atoms with E-state index in [9.17, 15) is 18.0 Å². The van der Waals surface area contributed by atoms with Crippen LogP contribution >= 0.6 is 0 Å². The summed E-state index contributed by atoms with van der Waals surface area (Å²) in [5.74, 6) is 2.74. The molecular weight excluding hydrogens is 438 g/mol. The van der Waals surface area contributed by atoms with Gasteiger partial charge >= 0.3 is 0 Å². The second-order valence-electron chi connectivity index (χ2n) is 11.1. The van der Waals surface area contributed by atoms with Gasteiger partial charge in [-0.2, -0.15) is 0 Å². The summed E-state index contributed by atoms with van der Waals surface area (Å²) in [5.41, 5.74) is 1.07. The van der Waals surface area contributed by atoms with Crippen LogP contribution in [0.25, 0.3) is 0 Å². The fourth-order valence-corrected chi connectivity index (χ4v) is 9.27. The minimum Gasteiger partial charge on any atom is -0.339 e. The van der Waals surface area contributed by atoms with Crippen molar-refractivity contribution in [2.45, 2.75) is 44.9 Å². The second kappa shape index (κ2) is 7.72. The van der Waals surface area contributed by atoms with Crippen LogP contribution in [0.3, 0.4) is 0 Å². The summed E-state index contributed by atoms with van der Waals surface area (Å²) in [6.07, 6.45) is 7.86. The van der Waals surface area contributed by atoms with Crippen molar-refractivity contribution in [3.63, 3.8) is 0 Å². The number of anilines is 1. The van der Waals surface area contributed by atoms with Gasteiger partial charge in [0.25, 0.3) is 5.91 Å². The van der Waals surface area contributed by atoms with Gasteiger partial charge in [-0.05, 0) is 87.0 Å². The van der Waals surface area contributed by atoms with Crippen LogP contribution in [0.1, 0.15) is 55.3 Å². The zero-order chi connectivity index (χ0) is 22.8. The number of benzene rings is 1. The van der Waals surface area contributed by atoms with Crippen LogP contribution in [0.2, 0.25) is 0 Å². The van der Waals surface area contributed by atoms with Gasteiger partial charge in [-0.1, -0.05) is 0 Å². The standard InChI is InChI=1S/C25H33N3O4S/c29-23(21-2-4-22(5-3-21)28-6-1-11-33(28,31)32)26-7-9-27(10-8-26)24(30)25-15-18-12-19(16-25)14-20(13-18)17-25/h2-5,18-20H,1,6-17H2. The van der Waals surface area contributed by atoms with Gasteiger partial charge in [0.15, 0.2) is 0 Å². The molecule has 1 aromatic rings. The number of amides is 2. The summed E-state index contributed by atoms with van der Waals surface area (Å²) >= 11 is 0. The van der Waals surface area contributed by atoms with Crippen molar-refractivity contribution in [3.05, 3.63) is 29.8 Å². The Kier molecular flexibility index (Phi) is 5.02. The molecule has 2 aliphatic heterocycles. The van der Waals surface area contributed by atoms with E-state index in [2.05, 4.69) is 0 Å². The number of carbonyl (C=O) groups excluding carboxylic acids is 2. The molecule has 178 valence electrons. The minimum atomic E-state index is -3.22.